The first-order valence-corrected chi connectivity index (χ1v) is 7.72. The zero-order valence-electron chi connectivity index (χ0n) is 12.9. The van der Waals surface area contributed by atoms with E-state index >= 15 is 0 Å². The number of hydrogen-bond donors (Lipinski definition) is 1. The maximum Gasteiger partial charge on any atom is 0.131 e. The van der Waals surface area contributed by atoms with Gasteiger partial charge in [0, 0.05) is 35.3 Å². The molecule has 1 aromatic heterocycles. The zero-order chi connectivity index (χ0) is 15.3. The number of hydrogen-bond acceptors (Lipinski definition) is 1. The quantitative estimate of drug-likeness (QED) is 0.758. The molecule has 0 radical (unpaired) electrons. The average molecular weight is 294 g/mol. The highest BCUT2D eigenvalue weighted by Crippen LogP contribution is 2.37. The maximum absolute atomic E-state index is 14.3. The second-order valence-corrected chi connectivity index (χ2v) is 6.18. The molecule has 3 heteroatoms. The van der Waals surface area contributed by atoms with Gasteiger partial charge in [0.15, 0.2) is 0 Å². The molecule has 0 bridgehead atoms. The van der Waals surface area contributed by atoms with Crippen LogP contribution in [0.1, 0.15) is 11.1 Å². The molecule has 112 valence electrons. The van der Waals surface area contributed by atoms with Crippen molar-refractivity contribution in [2.24, 2.45) is 0 Å². The van der Waals surface area contributed by atoms with E-state index in [-0.39, 0.29) is 5.82 Å². The third kappa shape index (κ3) is 1.97. The van der Waals surface area contributed by atoms with Gasteiger partial charge < -0.3 is 9.88 Å². The fourth-order valence-corrected chi connectivity index (χ4v) is 3.64. The topological polar surface area (TPSA) is 17.0 Å². The molecule has 2 nitrogen and oxygen atoms in total. The van der Waals surface area contributed by atoms with Gasteiger partial charge in [-0.05, 0) is 38.1 Å². The molecule has 1 aliphatic heterocycles. The smallest absolute Gasteiger partial charge is 0.131 e. The number of halogens is 1. The van der Waals surface area contributed by atoms with E-state index in [0.717, 1.165) is 23.9 Å². The van der Waals surface area contributed by atoms with E-state index in [9.17, 15) is 4.39 Å². The maximum atomic E-state index is 14.3. The third-order valence-electron chi connectivity index (χ3n) is 4.65. The summed E-state index contributed by atoms with van der Waals surface area (Å²) in [7, 11) is 2.00. The van der Waals surface area contributed by atoms with E-state index in [1.807, 2.05) is 19.2 Å². The molecule has 1 N–H and O–H groups in total. The predicted octanol–water partition coefficient (Wildman–Crippen LogP) is 3.90. The number of nitrogens with zero attached hydrogens (tertiary/aromatic N) is 1. The van der Waals surface area contributed by atoms with Gasteiger partial charge >= 0.3 is 0 Å². The van der Waals surface area contributed by atoms with Gasteiger partial charge in [0.25, 0.3) is 0 Å². The minimum absolute atomic E-state index is 0.158. The van der Waals surface area contributed by atoms with E-state index in [2.05, 4.69) is 35.1 Å². The third-order valence-corrected chi connectivity index (χ3v) is 4.65. The van der Waals surface area contributed by atoms with Crippen molar-refractivity contribution in [3.63, 3.8) is 0 Å². The number of aromatic nitrogens is 1. The molecule has 4 rings (SSSR count). The Kier molecular flexibility index (Phi) is 3.05. The zero-order valence-corrected chi connectivity index (χ0v) is 12.9. The Balaban J connectivity index is 2.02. The summed E-state index contributed by atoms with van der Waals surface area (Å²) in [6, 6.07) is 11.9. The molecule has 0 amide bonds. The Morgan fingerprint density at radius 1 is 1.18 bits per heavy atom. The summed E-state index contributed by atoms with van der Waals surface area (Å²) in [5.41, 5.74) is 5.52. The first-order chi connectivity index (χ1) is 10.7. The molecule has 3 aromatic rings. The van der Waals surface area contributed by atoms with Gasteiger partial charge in [-0.15, -0.1) is 0 Å². The van der Waals surface area contributed by atoms with E-state index in [1.165, 1.54) is 22.7 Å². The minimum Gasteiger partial charge on any atom is -0.345 e. The fourth-order valence-electron chi connectivity index (χ4n) is 3.64. The summed E-state index contributed by atoms with van der Waals surface area (Å²) in [5.74, 6) is -0.158. The van der Waals surface area contributed by atoms with Crippen LogP contribution in [-0.2, 0) is 13.0 Å². The van der Waals surface area contributed by atoms with Crippen LogP contribution in [0.3, 0.4) is 0 Å². The first-order valence-electron chi connectivity index (χ1n) is 7.72. The lowest BCUT2D eigenvalue weighted by molar-refractivity contribution is 0.471. The van der Waals surface area contributed by atoms with Crippen molar-refractivity contribution in [1.29, 1.82) is 0 Å². The monoisotopic (exact) mass is 294 g/mol. The van der Waals surface area contributed by atoms with Crippen molar-refractivity contribution in [3.8, 4) is 11.1 Å². The molecule has 0 saturated carbocycles. The van der Waals surface area contributed by atoms with Gasteiger partial charge in [-0.3, -0.25) is 0 Å². The fraction of sp³-hybridized carbons (Fsp3) is 0.263. The van der Waals surface area contributed by atoms with Crippen molar-refractivity contribution < 1.29 is 4.39 Å². The van der Waals surface area contributed by atoms with Gasteiger partial charge in [-0.2, -0.15) is 0 Å². The normalized spacial score (nSPS) is 17.1. The largest absolute Gasteiger partial charge is 0.345 e. The Morgan fingerprint density at radius 2 is 2.00 bits per heavy atom. The first kappa shape index (κ1) is 13.5. The van der Waals surface area contributed by atoms with Crippen LogP contribution in [-0.4, -0.2) is 17.7 Å². The van der Waals surface area contributed by atoms with E-state index < -0.39 is 0 Å². The van der Waals surface area contributed by atoms with Crippen molar-refractivity contribution in [3.05, 3.63) is 59.5 Å². The molecular formula is C19H19FN2. The van der Waals surface area contributed by atoms with Gasteiger partial charge in [-0.25, -0.2) is 4.39 Å². The number of nitrogens with one attached hydrogen (secondary N) is 1. The molecule has 22 heavy (non-hydrogen) atoms. The number of rotatable bonds is 2. The SMILES string of the molecule is CNC1Cc2cc(C)cc3c(-c4ccccc4F)cn(c23)C1. The van der Waals surface area contributed by atoms with Crippen molar-refractivity contribution >= 4 is 10.9 Å². The van der Waals surface area contributed by atoms with Crippen LogP contribution >= 0.6 is 0 Å². The highest BCUT2D eigenvalue weighted by atomic mass is 19.1. The van der Waals surface area contributed by atoms with Crippen molar-refractivity contribution in [2.45, 2.75) is 25.9 Å². The van der Waals surface area contributed by atoms with Crippen LogP contribution in [0.5, 0.6) is 0 Å². The van der Waals surface area contributed by atoms with Crippen LogP contribution in [0, 0.1) is 12.7 Å². The summed E-state index contributed by atoms with van der Waals surface area (Å²) in [6.07, 6.45) is 3.13. The van der Waals surface area contributed by atoms with Crippen LogP contribution in [0.4, 0.5) is 4.39 Å². The lowest BCUT2D eigenvalue weighted by atomic mass is 9.96. The lowest BCUT2D eigenvalue weighted by Crippen LogP contribution is -2.34. The predicted molar refractivity (Wildman–Crippen MR) is 88.6 cm³/mol. The van der Waals surface area contributed by atoms with Crippen LogP contribution in [0.2, 0.25) is 0 Å². The van der Waals surface area contributed by atoms with Crippen LogP contribution in [0.15, 0.2) is 42.6 Å². The van der Waals surface area contributed by atoms with Crippen LogP contribution in [0.25, 0.3) is 22.0 Å². The molecule has 0 aliphatic carbocycles. The average Bonchev–Trinajstić information content (AvgIpc) is 2.86. The highest BCUT2D eigenvalue weighted by Gasteiger charge is 2.23. The molecule has 0 saturated heterocycles. The second-order valence-electron chi connectivity index (χ2n) is 6.18. The Hall–Kier alpha value is -2.13. The standard InChI is InChI=1S/C19H19FN2/c1-12-7-13-9-14(21-2)10-22-11-17(16(8-12)19(13)22)15-5-3-4-6-18(15)20/h3-8,11,14,21H,9-10H2,1-2H3. The van der Waals surface area contributed by atoms with E-state index in [4.69, 9.17) is 0 Å². The molecule has 0 fully saturated rings. The molecule has 1 unspecified atom stereocenters. The van der Waals surface area contributed by atoms with Crippen molar-refractivity contribution in [2.75, 3.05) is 7.05 Å². The van der Waals surface area contributed by atoms with E-state index in [1.54, 1.807) is 6.07 Å². The second kappa shape index (κ2) is 4.96. The summed E-state index contributed by atoms with van der Waals surface area (Å²) in [4.78, 5) is 0. The van der Waals surface area contributed by atoms with Gasteiger partial charge in [0.05, 0.1) is 5.52 Å². The van der Waals surface area contributed by atoms with Crippen LogP contribution < -0.4 is 5.32 Å². The summed E-state index contributed by atoms with van der Waals surface area (Å²) in [5, 5.41) is 4.53. The molecule has 1 aliphatic rings. The highest BCUT2D eigenvalue weighted by molar-refractivity contribution is 5.98. The molecule has 2 heterocycles. The molecule has 1 atom stereocenters. The van der Waals surface area contributed by atoms with Gasteiger partial charge in [0.1, 0.15) is 5.82 Å². The molecule has 2 aromatic carbocycles. The minimum atomic E-state index is -0.158. The number of aryl methyl sites for hydroxylation is 1. The Labute approximate surface area is 129 Å². The Morgan fingerprint density at radius 3 is 2.77 bits per heavy atom. The number of benzene rings is 2. The summed E-state index contributed by atoms with van der Waals surface area (Å²) >= 11 is 0. The van der Waals surface area contributed by atoms with Crippen molar-refractivity contribution in [1.82, 2.24) is 9.88 Å². The lowest BCUT2D eigenvalue weighted by Gasteiger charge is -2.24. The number of likely N-dealkylation sites (N-methyl/N-ethyl adjacent to an activating group) is 1. The summed E-state index contributed by atoms with van der Waals surface area (Å²) < 4.78 is 16.5. The Bertz CT molecular complexity index is 863. The van der Waals surface area contributed by atoms with Gasteiger partial charge in [0.2, 0.25) is 0 Å². The molecular weight excluding hydrogens is 275 g/mol. The van der Waals surface area contributed by atoms with E-state index in [0.29, 0.717) is 11.6 Å². The summed E-state index contributed by atoms with van der Waals surface area (Å²) in [6.45, 7) is 3.04. The van der Waals surface area contributed by atoms with Gasteiger partial charge in [-0.1, -0.05) is 29.8 Å². The molecule has 0 spiro atoms.